The van der Waals surface area contributed by atoms with Gasteiger partial charge in [-0.3, -0.25) is 4.79 Å². The number of para-hydroxylation sites is 1. The van der Waals surface area contributed by atoms with Gasteiger partial charge in [-0.25, -0.2) is 4.79 Å². The average molecular weight is 453 g/mol. The standard InChI is InChI=1S/C28H24N2O4/c1-3-33-26-17-20(10-13-25(26)34-28(32)22-11-8-19(2)9-12-22)16-23(18-29)27(31)30-15-14-21-6-4-5-7-24(21)30/h4-13,16-17H,3,14-15H2,1-2H3/b23-16+. The van der Waals surface area contributed by atoms with E-state index in [1.54, 1.807) is 35.2 Å². The third-order valence-corrected chi connectivity index (χ3v) is 5.55. The molecule has 0 spiro atoms. The second-order valence-electron chi connectivity index (χ2n) is 7.90. The molecular weight excluding hydrogens is 428 g/mol. The van der Waals surface area contributed by atoms with Crippen molar-refractivity contribution >= 4 is 23.6 Å². The predicted molar refractivity (Wildman–Crippen MR) is 130 cm³/mol. The van der Waals surface area contributed by atoms with E-state index in [-0.39, 0.29) is 17.2 Å². The molecule has 0 aromatic heterocycles. The van der Waals surface area contributed by atoms with Crippen LogP contribution < -0.4 is 14.4 Å². The Kier molecular flexibility index (Phi) is 6.74. The molecule has 1 aliphatic rings. The molecule has 34 heavy (non-hydrogen) atoms. The Labute approximate surface area is 198 Å². The summed E-state index contributed by atoms with van der Waals surface area (Å²) < 4.78 is 11.2. The Morgan fingerprint density at radius 3 is 2.56 bits per heavy atom. The average Bonchev–Trinajstić information content (AvgIpc) is 3.28. The summed E-state index contributed by atoms with van der Waals surface area (Å²) in [5, 5.41) is 9.69. The molecule has 3 aromatic rings. The van der Waals surface area contributed by atoms with Gasteiger partial charge in [0.05, 0.1) is 12.2 Å². The molecule has 0 bridgehead atoms. The summed E-state index contributed by atoms with van der Waals surface area (Å²) in [7, 11) is 0. The molecule has 1 aliphatic heterocycles. The van der Waals surface area contributed by atoms with Crippen LogP contribution in [0.5, 0.6) is 11.5 Å². The van der Waals surface area contributed by atoms with E-state index in [4.69, 9.17) is 9.47 Å². The molecule has 0 saturated heterocycles. The topological polar surface area (TPSA) is 79.6 Å². The van der Waals surface area contributed by atoms with Crippen LogP contribution in [-0.4, -0.2) is 25.0 Å². The molecule has 0 radical (unpaired) electrons. The SMILES string of the molecule is CCOc1cc(/C=C(\C#N)C(=O)N2CCc3ccccc32)ccc1OC(=O)c1ccc(C)cc1. The summed E-state index contributed by atoms with van der Waals surface area (Å²) in [6.45, 7) is 4.66. The Morgan fingerprint density at radius 2 is 1.82 bits per heavy atom. The highest BCUT2D eigenvalue weighted by Crippen LogP contribution is 2.32. The number of hydrogen-bond donors (Lipinski definition) is 0. The van der Waals surface area contributed by atoms with Crippen LogP contribution >= 0.6 is 0 Å². The maximum Gasteiger partial charge on any atom is 0.343 e. The number of rotatable bonds is 6. The number of esters is 1. The summed E-state index contributed by atoms with van der Waals surface area (Å²) in [6.07, 6.45) is 2.29. The molecule has 170 valence electrons. The molecule has 6 heteroatoms. The zero-order valence-electron chi connectivity index (χ0n) is 19.1. The minimum Gasteiger partial charge on any atom is -0.490 e. The molecule has 0 saturated carbocycles. The third-order valence-electron chi connectivity index (χ3n) is 5.55. The van der Waals surface area contributed by atoms with Gasteiger partial charge in [-0.15, -0.1) is 0 Å². The second kappa shape index (κ2) is 10.1. The number of ether oxygens (including phenoxy) is 2. The predicted octanol–water partition coefficient (Wildman–Crippen LogP) is 5.11. The Bertz CT molecular complexity index is 1300. The number of hydrogen-bond acceptors (Lipinski definition) is 5. The van der Waals surface area contributed by atoms with Crippen LogP contribution in [-0.2, 0) is 11.2 Å². The van der Waals surface area contributed by atoms with Crippen LogP contribution in [0.15, 0.2) is 72.3 Å². The van der Waals surface area contributed by atoms with Crippen molar-refractivity contribution in [1.29, 1.82) is 5.26 Å². The normalized spacial score (nSPS) is 12.6. The van der Waals surface area contributed by atoms with Crippen molar-refractivity contribution in [3.05, 3.63) is 94.6 Å². The van der Waals surface area contributed by atoms with Gasteiger partial charge in [-0.05, 0) is 67.8 Å². The van der Waals surface area contributed by atoms with Crippen LogP contribution in [0.25, 0.3) is 6.08 Å². The Morgan fingerprint density at radius 1 is 1.06 bits per heavy atom. The first-order chi connectivity index (χ1) is 16.5. The molecule has 1 amide bonds. The van der Waals surface area contributed by atoms with Crippen molar-refractivity contribution in [2.45, 2.75) is 20.3 Å². The number of fused-ring (bicyclic) bond motifs is 1. The van der Waals surface area contributed by atoms with Crippen LogP contribution in [0.3, 0.4) is 0 Å². The number of amides is 1. The van der Waals surface area contributed by atoms with Gasteiger partial charge in [0.2, 0.25) is 0 Å². The molecule has 3 aromatic carbocycles. The van der Waals surface area contributed by atoms with E-state index < -0.39 is 5.97 Å². The highest BCUT2D eigenvalue weighted by Gasteiger charge is 2.26. The van der Waals surface area contributed by atoms with Gasteiger partial charge in [-0.2, -0.15) is 5.26 Å². The largest absolute Gasteiger partial charge is 0.490 e. The quantitative estimate of drug-likeness (QED) is 0.225. The summed E-state index contributed by atoms with van der Waals surface area (Å²) in [4.78, 5) is 27.3. The fourth-order valence-corrected chi connectivity index (χ4v) is 3.82. The summed E-state index contributed by atoms with van der Waals surface area (Å²) in [5.74, 6) is -0.221. The number of nitriles is 1. The van der Waals surface area contributed by atoms with Crippen LogP contribution in [0.1, 0.15) is 34.0 Å². The first-order valence-corrected chi connectivity index (χ1v) is 11.1. The lowest BCUT2D eigenvalue weighted by atomic mass is 10.1. The molecular formula is C28H24N2O4. The number of nitrogens with zero attached hydrogens (tertiary/aromatic N) is 2. The first kappa shape index (κ1) is 22.8. The second-order valence-corrected chi connectivity index (χ2v) is 7.90. The molecule has 4 rings (SSSR count). The van der Waals surface area contributed by atoms with Gasteiger partial charge >= 0.3 is 5.97 Å². The van der Waals surface area contributed by atoms with Gasteiger partial charge in [0.1, 0.15) is 11.6 Å². The number of benzene rings is 3. The van der Waals surface area contributed by atoms with Crippen molar-refractivity contribution in [1.82, 2.24) is 0 Å². The van der Waals surface area contributed by atoms with Gasteiger partial charge in [0.25, 0.3) is 5.91 Å². The van der Waals surface area contributed by atoms with Gasteiger partial charge in [0.15, 0.2) is 11.5 Å². The lowest BCUT2D eigenvalue weighted by Gasteiger charge is -2.16. The lowest BCUT2D eigenvalue weighted by molar-refractivity contribution is -0.114. The maximum atomic E-state index is 13.1. The van der Waals surface area contributed by atoms with Crippen molar-refractivity contribution in [2.24, 2.45) is 0 Å². The Balaban J connectivity index is 1.58. The fourth-order valence-electron chi connectivity index (χ4n) is 3.82. The maximum absolute atomic E-state index is 13.1. The minimum atomic E-state index is -0.496. The summed E-state index contributed by atoms with van der Waals surface area (Å²) >= 11 is 0. The molecule has 0 N–H and O–H groups in total. The summed E-state index contributed by atoms with van der Waals surface area (Å²) in [5.41, 5.74) is 4.01. The van der Waals surface area contributed by atoms with E-state index in [0.717, 1.165) is 23.2 Å². The number of carbonyl (C=O) groups excluding carboxylic acids is 2. The lowest BCUT2D eigenvalue weighted by Crippen LogP contribution is -2.29. The highest BCUT2D eigenvalue weighted by atomic mass is 16.6. The van der Waals surface area contributed by atoms with E-state index in [1.165, 1.54) is 6.08 Å². The zero-order valence-corrected chi connectivity index (χ0v) is 19.1. The van der Waals surface area contributed by atoms with E-state index in [9.17, 15) is 14.9 Å². The van der Waals surface area contributed by atoms with Gasteiger partial charge in [-0.1, -0.05) is 42.0 Å². The van der Waals surface area contributed by atoms with Crippen LogP contribution in [0.4, 0.5) is 5.69 Å². The number of aryl methyl sites for hydroxylation is 1. The van der Waals surface area contributed by atoms with Gasteiger partial charge in [0, 0.05) is 12.2 Å². The summed E-state index contributed by atoms with van der Waals surface area (Å²) in [6, 6.07) is 21.8. The first-order valence-electron chi connectivity index (χ1n) is 11.1. The van der Waals surface area contributed by atoms with Crippen LogP contribution in [0, 0.1) is 18.3 Å². The van der Waals surface area contributed by atoms with Crippen molar-refractivity contribution in [2.75, 3.05) is 18.1 Å². The molecule has 6 nitrogen and oxygen atoms in total. The Hall–Kier alpha value is -4.37. The molecule has 1 heterocycles. The van der Waals surface area contributed by atoms with E-state index in [1.807, 2.05) is 56.3 Å². The fraction of sp³-hybridized carbons (Fsp3) is 0.179. The van der Waals surface area contributed by atoms with E-state index >= 15 is 0 Å². The van der Waals surface area contributed by atoms with Crippen molar-refractivity contribution in [3.8, 4) is 17.6 Å². The van der Waals surface area contributed by atoms with Crippen LogP contribution in [0.2, 0.25) is 0 Å². The third kappa shape index (κ3) is 4.84. The van der Waals surface area contributed by atoms with Gasteiger partial charge < -0.3 is 14.4 Å². The highest BCUT2D eigenvalue weighted by molar-refractivity contribution is 6.12. The van der Waals surface area contributed by atoms with E-state index in [0.29, 0.717) is 30.0 Å². The zero-order chi connectivity index (χ0) is 24.1. The number of anilines is 1. The monoisotopic (exact) mass is 452 g/mol. The molecule has 0 atom stereocenters. The van der Waals surface area contributed by atoms with E-state index in [2.05, 4.69) is 0 Å². The molecule has 0 unspecified atom stereocenters. The van der Waals surface area contributed by atoms with Crippen molar-refractivity contribution in [3.63, 3.8) is 0 Å². The molecule has 0 aliphatic carbocycles. The minimum absolute atomic E-state index is 0.0172. The van der Waals surface area contributed by atoms with Crippen molar-refractivity contribution < 1.29 is 19.1 Å². The smallest absolute Gasteiger partial charge is 0.343 e. The number of carbonyl (C=O) groups is 2. The molecule has 0 fully saturated rings.